The van der Waals surface area contributed by atoms with E-state index >= 15 is 0 Å². The molecule has 0 unspecified atom stereocenters. The molecule has 3 heterocycles. The van der Waals surface area contributed by atoms with Crippen LogP contribution < -0.4 is 0 Å². The summed E-state index contributed by atoms with van der Waals surface area (Å²) in [6.07, 6.45) is 2.98. The molecule has 0 bridgehead atoms. The first-order valence-corrected chi connectivity index (χ1v) is 7.28. The van der Waals surface area contributed by atoms with Crippen molar-refractivity contribution in [2.45, 2.75) is 12.8 Å². The Kier molecular flexibility index (Phi) is 3.49. The quantitative estimate of drug-likeness (QED) is 0.626. The molecule has 4 rings (SSSR count). The van der Waals surface area contributed by atoms with Crippen LogP contribution in [-0.4, -0.2) is 29.5 Å². The van der Waals surface area contributed by atoms with Crippen molar-refractivity contribution < 1.29 is 8.78 Å². The van der Waals surface area contributed by atoms with Crippen LogP contribution in [0.2, 0.25) is 0 Å². The zero-order valence-electron chi connectivity index (χ0n) is 12.4. The third-order valence-electron chi connectivity index (χ3n) is 3.60. The van der Waals surface area contributed by atoms with Gasteiger partial charge in [0.1, 0.15) is 5.69 Å². The lowest BCUT2D eigenvalue weighted by Gasteiger charge is -2.06. The highest BCUT2D eigenvalue weighted by Gasteiger charge is 2.17. The SMILES string of the molecule is FC(F)c1nc(-c2cn3ccnc3c(Cc3ccccc3)n2)n[nH]1. The summed E-state index contributed by atoms with van der Waals surface area (Å²) in [5.41, 5.74) is 2.93. The molecule has 0 atom stereocenters. The zero-order valence-corrected chi connectivity index (χ0v) is 12.4. The summed E-state index contributed by atoms with van der Waals surface area (Å²) in [5, 5.41) is 6.07. The molecule has 1 N–H and O–H groups in total. The minimum Gasteiger partial charge on any atom is -0.303 e. The van der Waals surface area contributed by atoms with E-state index in [9.17, 15) is 8.78 Å². The molecule has 120 valence electrons. The van der Waals surface area contributed by atoms with Crippen molar-refractivity contribution in [2.24, 2.45) is 0 Å². The van der Waals surface area contributed by atoms with Crippen LogP contribution in [0.4, 0.5) is 8.78 Å². The number of benzene rings is 1. The Labute approximate surface area is 135 Å². The smallest absolute Gasteiger partial charge is 0.296 e. The molecule has 1 aromatic carbocycles. The molecular formula is C16H12F2N6. The van der Waals surface area contributed by atoms with Gasteiger partial charge in [0.25, 0.3) is 6.43 Å². The largest absolute Gasteiger partial charge is 0.303 e. The normalized spacial score (nSPS) is 11.5. The van der Waals surface area contributed by atoms with Gasteiger partial charge >= 0.3 is 0 Å². The summed E-state index contributed by atoms with van der Waals surface area (Å²) in [5.74, 6) is -0.336. The number of H-pyrrole nitrogens is 1. The van der Waals surface area contributed by atoms with Gasteiger partial charge in [0, 0.05) is 25.0 Å². The number of fused-ring (bicyclic) bond motifs is 1. The fourth-order valence-electron chi connectivity index (χ4n) is 2.50. The first-order valence-electron chi connectivity index (χ1n) is 7.28. The molecule has 8 heteroatoms. The number of halogens is 2. The number of hydrogen-bond donors (Lipinski definition) is 1. The van der Waals surface area contributed by atoms with Crippen LogP contribution in [0, 0.1) is 0 Å². The van der Waals surface area contributed by atoms with Crippen LogP contribution in [-0.2, 0) is 6.42 Å². The van der Waals surface area contributed by atoms with Crippen molar-refractivity contribution >= 4 is 5.65 Å². The fraction of sp³-hybridized carbons (Fsp3) is 0.125. The van der Waals surface area contributed by atoms with Gasteiger partial charge in [0.05, 0.1) is 5.69 Å². The summed E-state index contributed by atoms with van der Waals surface area (Å²) >= 11 is 0. The Morgan fingerprint density at radius 3 is 2.71 bits per heavy atom. The van der Waals surface area contributed by atoms with Crippen molar-refractivity contribution in [3.05, 3.63) is 66.0 Å². The van der Waals surface area contributed by atoms with E-state index in [4.69, 9.17) is 0 Å². The van der Waals surface area contributed by atoms with E-state index in [0.717, 1.165) is 11.3 Å². The standard InChI is InChI=1S/C16H12F2N6/c17-13(18)15-21-14(22-23-15)12-9-24-7-6-19-16(24)11(20-12)8-10-4-2-1-3-5-10/h1-7,9,13H,8H2,(H,21,22,23). The number of alkyl halides is 2. The van der Waals surface area contributed by atoms with Gasteiger partial charge in [-0.3, -0.25) is 5.10 Å². The van der Waals surface area contributed by atoms with E-state index in [1.165, 1.54) is 0 Å². The highest BCUT2D eigenvalue weighted by Crippen LogP contribution is 2.21. The number of rotatable bonds is 4. The Hall–Kier alpha value is -3.16. The van der Waals surface area contributed by atoms with Gasteiger partial charge < -0.3 is 4.40 Å². The third kappa shape index (κ3) is 2.62. The highest BCUT2D eigenvalue weighted by atomic mass is 19.3. The monoisotopic (exact) mass is 326 g/mol. The molecule has 0 amide bonds. The number of hydrogen-bond acceptors (Lipinski definition) is 4. The lowest BCUT2D eigenvalue weighted by molar-refractivity contribution is 0.141. The number of aromatic nitrogens is 6. The lowest BCUT2D eigenvalue weighted by Crippen LogP contribution is -2.01. The van der Waals surface area contributed by atoms with Crippen molar-refractivity contribution in [1.82, 2.24) is 29.5 Å². The molecule has 24 heavy (non-hydrogen) atoms. The molecule has 0 saturated heterocycles. The Morgan fingerprint density at radius 1 is 1.12 bits per heavy atom. The topological polar surface area (TPSA) is 71.8 Å². The number of nitrogens with one attached hydrogen (secondary N) is 1. The van der Waals surface area contributed by atoms with Crippen LogP contribution in [0.1, 0.15) is 23.5 Å². The van der Waals surface area contributed by atoms with Gasteiger partial charge in [0.2, 0.25) is 5.82 Å². The summed E-state index contributed by atoms with van der Waals surface area (Å²) in [6, 6.07) is 9.83. The van der Waals surface area contributed by atoms with Crippen LogP contribution in [0.5, 0.6) is 0 Å². The van der Waals surface area contributed by atoms with Crippen LogP contribution in [0.3, 0.4) is 0 Å². The molecule has 3 aromatic heterocycles. The second-order valence-electron chi connectivity index (χ2n) is 5.24. The minimum atomic E-state index is -2.70. The predicted octanol–water partition coefficient (Wildman–Crippen LogP) is 3.04. The molecule has 6 nitrogen and oxygen atoms in total. The summed E-state index contributed by atoms with van der Waals surface area (Å²) in [6.45, 7) is 0. The lowest BCUT2D eigenvalue weighted by atomic mass is 10.1. The van der Waals surface area contributed by atoms with E-state index in [0.29, 0.717) is 17.8 Å². The maximum Gasteiger partial charge on any atom is 0.296 e. The van der Waals surface area contributed by atoms with Gasteiger partial charge in [-0.2, -0.15) is 5.10 Å². The summed E-state index contributed by atoms with van der Waals surface area (Å²) in [7, 11) is 0. The molecule has 0 spiro atoms. The number of imidazole rings is 1. The first-order chi connectivity index (χ1) is 11.7. The number of aromatic amines is 1. The molecule has 0 saturated carbocycles. The maximum absolute atomic E-state index is 12.7. The third-order valence-corrected chi connectivity index (χ3v) is 3.60. The van der Waals surface area contributed by atoms with Gasteiger partial charge in [-0.1, -0.05) is 30.3 Å². The first kappa shape index (κ1) is 14.4. The van der Waals surface area contributed by atoms with Crippen molar-refractivity contribution in [3.63, 3.8) is 0 Å². The van der Waals surface area contributed by atoms with E-state index in [2.05, 4.69) is 25.1 Å². The summed E-state index contributed by atoms with van der Waals surface area (Å²) in [4.78, 5) is 12.7. The van der Waals surface area contributed by atoms with Crippen molar-refractivity contribution in [2.75, 3.05) is 0 Å². The van der Waals surface area contributed by atoms with E-state index < -0.39 is 12.2 Å². The second kappa shape index (κ2) is 5.80. The fourth-order valence-corrected chi connectivity index (χ4v) is 2.50. The van der Waals surface area contributed by atoms with E-state index in [1.54, 1.807) is 23.0 Å². The number of nitrogens with zero attached hydrogens (tertiary/aromatic N) is 5. The van der Waals surface area contributed by atoms with Crippen LogP contribution in [0.15, 0.2) is 48.9 Å². The predicted molar refractivity (Wildman–Crippen MR) is 82.6 cm³/mol. The minimum absolute atomic E-state index is 0.134. The average molecular weight is 326 g/mol. The summed E-state index contributed by atoms with van der Waals surface area (Å²) < 4.78 is 27.2. The average Bonchev–Trinajstić information content (AvgIpc) is 3.25. The zero-order chi connectivity index (χ0) is 16.5. The highest BCUT2D eigenvalue weighted by molar-refractivity contribution is 5.55. The molecule has 0 aliphatic rings. The van der Waals surface area contributed by atoms with Gasteiger partial charge in [-0.05, 0) is 5.56 Å². The van der Waals surface area contributed by atoms with E-state index in [1.807, 2.05) is 30.3 Å². The van der Waals surface area contributed by atoms with Crippen molar-refractivity contribution in [3.8, 4) is 11.5 Å². The van der Waals surface area contributed by atoms with Crippen molar-refractivity contribution in [1.29, 1.82) is 0 Å². The Balaban J connectivity index is 1.79. The molecule has 0 aliphatic carbocycles. The molecule has 0 fully saturated rings. The van der Waals surface area contributed by atoms with Crippen LogP contribution >= 0.6 is 0 Å². The Bertz CT molecular complexity index is 977. The molecular weight excluding hydrogens is 314 g/mol. The van der Waals surface area contributed by atoms with Gasteiger partial charge in [-0.15, -0.1) is 0 Å². The van der Waals surface area contributed by atoms with Gasteiger partial charge in [0.15, 0.2) is 11.5 Å². The molecule has 0 aliphatic heterocycles. The molecule has 4 aromatic rings. The molecule has 0 radical (unpaired) electrons. The second-order valence-corrected chi connectivity index (χ2v) is 5.24. The van der Waals surface area contributed by atoms with Gasteiger partial charge in [-0.25, -0.2) is 23.7 Å². The van der Waals surface area contributed by atoms with Crippen LogP contribution in [0.25, 0.3) is 17.2 Å². The maximum atomic E-state index is 12.7. The Morgan fingerprint density at radius 2 is 1.96 bits per heavy atom. The van der Waals surface area contributed by atoms with E-state index in [-0.39, 0.29) is 5.82 Å².